The maximum absolute atomic E-state index is 11.9. The number of carbonyl (C=O) groups is 1. The van der Waals surface area contributed by atoms with Gasteiger partial charge in [-0.3, -0.25) is 4.79 Å². The highest BCUT2D eigenvalue weighted by atomic mass is 35.5. The lowest BCUT2D eigenvalue weighted by Gasteiger charge is -2.31. The zero-order chi connectivity index (χ0) is 13.7. The monoisotopic (exact) mass is 275 g/mol. The number of likely N-dealkylation sites (tertiary alicyclic amines) is 1. The van der Waals surface area contributed by atoms with E-state index in [1.54, 1.807) is 0 Å². The molecule has 0 N–H and O–H groups in total. The molecule has 1 aliphatic rings. The molecule has 1 saturated heterocycles. The van der Waals surface area contributed by atoms with Gasteiger partial charge in [0.2, 0.25) is 0 Å². The average Bonchev–Trinajstić information content (AvgIpc) is 2.45. The van der Waals surface area contributed by atoms with Crippen LogP contribution in [0.2, 0.25) is 5.02 Å². The van der Waals surface area contributed by atoms with E-state index in [-0.39, 0.29) is 5.91 Å². The highest BCUT2D eigenvalue weighted by Gasteiger charge is 2.23. The molecule has 19 heavy (non-hydrogen) atoms. The quantitative estimate of drug-likeness (QED) is 0.719. The van der Waals surface area contributed by atoms with Gasteiger partial charge in [0.05, 0.1) is 0 Å². The topological polar surface area (TPSA) is 20.3 Å². The van der Waals surface area contributed by atoms with Crippen molar-refractivity contribution in [3.8, 4) is 11.8 Å². The van der Waals surface area contributed by atoms with Crippen LogP contribution in [0.4, 0.5) is 0 Å². The lowest BCUT2D eigenvalue weighted by Crippen LogP contribution is -2.38. The third-order valence-electron chi connectivity index (χ3n) is 3.42. The maximum Gasteiger partial charge on any atom is 0.298 e. The molecule has 100 valence electrons. The van der Waals surface area contributed by atoms with Crippen LogP contribution in [0.3, 0.4) is 0 Å². The fourth-order valence-corrected chi connectivity index (χ4v) is 2.54. The standard InChI is InChI=1S/C16H18ClNO/c1-2-3-6-16(19)18-11-4-5-14(12-18)13-7-9-15(17)10-8-13/h7-10,14H,2,4-5,11-12H2,1H3. The molecule has 2 rings (SSSR count). The number of rotatable bonds is 1. The fourth-order valence-electron chi connectivity index (χ4n) is 2.41. The summed E-state index contributed by atoms with van der Waals surface area (Å²) in [6.07, 6.45) is 2.87. The molecule has 0 aliphatic carbocycles. The van der Waals surface area contributed by atoms with Crippen molar-refractivity contribution in [2.75, 3.05) is 13.1 Å². The van der Waals surface area contributed by atoms with Crippen molar-refractivity contribution < 1.29 is 4.79 Å². The molecule has 1 heterocycles. The molecule has 1 amide bonds. The normalized spacial score (nSPS) is 18.6. The third-order valence-corrected chi connectivity index (χ3v) is 3.67. The van der Waals surface area contributed by atoms with E-state index >= 15 is 0 Å². The second kappa shape index (κ2) is 6.63. The first-order valence-corrected chi connectivity index (χ1v) is 7.11. The van der Waals surface area contributed by atoms with Crippen LogP contribution in [0, 0.1) is 11.8 Å². The highest BCUT2D eigenvalue weighted by Crippen LogP contribution is 2.27. The Morgan fingerprint density at radius 1 is 1.42 bits per heavy atom. The van der Waals surface area contributed by atoms with E-state index < -0.39 is 0 Å². The van der Waals surface area contributed by atoms with E-state index in [1.165, 1.54) is 5.56 Å². The van der Waals surface area contributed by atoms with Gasteiger partial charge in [-0.15, -0.1) is 0 Å². The first-order chi connectivity index (χ1) is 9.20. The number of nitrogens with zero attached hydrogens (tertiary/aromatic N) is 1. The Morgan fingerprint density at radius 3 is 2.84 bits per heavy atom. The Kier molecular flexibility index (Phi) is 4.87. The first kappa shape index (κ1) is 14.0. The molecule has 1 aliphatic heterocycles. The maximum atomic E-state index is 11.9. The number of hydrogen-bond donors (Lipinski definition) is 0. The van der Waals surface area contributed by atoms with Crippen LogP contribution in [0.15, 0.2) is 24.3 Å². The molecular formula is C16H18ClNO. The van der Waals surface area contributed by atoms with Gasteiger partial charge in [-0.05, 0) is 36.5 Å². The predicted octanol–water partition coefficient (Wildman–Crippen LogP) is 3.46. The van der Waals surface area contributed by atoms with Crippen LogP contribution in [0.5, 0.6) is 0 Å². The minimum atomic E-state index is -0.0412. The van der Waals surface area contributed by atoms with Gasteiger partial charge in [-0.1, -0.05) is 36.6 Å². The summed E-state index contributed by atoms with van der Waals surface area (Å²) < 4.78 is 0. The molecule has 3 heteroatoms. The van der Waals surface area contributed by atoms with Crippen LogP contribution in [0.1, 0.15) is 37.7 Å². The summed E-state index contributed by atoms with van der Waals surface area (Å²) in [4.78, 5) is 13.8. The molecule has 1 aromatic rings. The van der Waals surface area contributed by atoms with Crippen molar-refractivity contribution >= 4 is 17.5 Å². The molecule has 1 atom stereocenters. The van der Waals surface area contributed by atoms with Crippen molar-refractivity contribution in [1.29, 1.82) is 0 Å². The minimum Gasteiger partial charge on any atom is -0.331 e. The van der Waals surface area contributed by atoms with Crippen LogP contribution >= 0.6 is 11.6 Å². The first-order valence-electron chi connectivity index (χ1n) is 6.74. The highest BCUT2D eigenvalue weighted by molar-refractivity contribution is 6.30. The molecule has 0 bridgehead atoms. The smallest absolute Gasteiger partial charge is 0.298 e. The van der Waals surface area contributed by atoms with E-state index in [1.807, 2.05) is 24.0 Å². The number of piperidine rings is 1. The minimum absolute atomic E-state index is 0.0412. The molecule has 0 saturated carbocycles. The third kappa shape index (κ3) is 3.75. The van der Waals surface area contributed by atoms with Gasteiger partial charge in [0.1, 0.15) is 0 Å². The molecule has 1 fully saturated rings. The summed E-state index contributed by atoms with van der Waals surface area (Å²) >= 11 is 5.90. The Bertz CT molecular complexity index is 498. The molecule has 1 unspecified atom stereocenters. The number of amides is 1. The van der Waals surface area contributed by atoms with Gasteiger partial charge in [0.25, 0.3) is 5.91 Å². The summed E-state index contributed by atoms with van der Waals surface area (Å²) in [6.45, 7) is 3.53. The predicted molar refractivity (Wildman–Crippen MR) is 78.1 cm³/mol. The summed E-state index contributed by atoms with van der Waals surface area (Å²) in [5.41, 5.74) is 1.25. The van der Waals surface area contributed by atoms with Gasteiger partial charge in [0.15, 0.2) is 0 Å². The van der Waals surface area contributed by atoms with E-state index in [4.69, 9.17) is 11.6 Å². The number of halogens is 1. The van der Waals surface area contributed by atoms with Crippen molar-refractivity contribution in [3.05, 3.63) is 34.9 Å². The molecule has 0 spiro atoms. The van der Waals surface area contributed by atoms with Gasteiger partial charge in [-0.25, -0.2) is 0 Å². The molecule has 0 aromatic heterocycles. The van der Waals surface area contributed by atoms with Crippen LogP contribution in [-0.2, 0) is 4.79 Å². The Balaban J connectivity index is 2.04. The van der Waals surface area contributed by atoms with Gasteiger partial charge in [-0.2, -0.15) is 0 Å². The molecule has 2 nitrogen and oxygen atoms in total. The average molecular weight is 276 g/mol. The zero-order valence-electron chi connectivity index (χ0n) is 11.2. The number of carbonyl (C=O) groups excluding carboxylic acids is 1. The van der Waals surface area contributed by atoms with E-state index in [9.17, 15) is 4.79 Å². The lowest BCUT2D eigenvalue weighted by atomic mass is 9.90. The van der Waals surface area contributed by atoms with E-state index in [0.717, 1.165) is 37.4 Å². The zero-order valence-corrected chi connectivity index (χ0v) is 11.9. The molecule has 0 radical (unpaired) electrons. The van der Waals surface area contributed by atoms with Crippen LogP contribution < -0.4 is 0 Å². The Labute approximate surface area is 119 Å². The summed E-state index contributed by atoms with van der Waals surface area (Å²) in [7, 11) is 0. The SMILES string of the molecule is CCC#CC(=O)N1CCCC(c2ccc(Cl)cc2)C1. The van der Waals surface area contributed by atoms with E-state index in [0.29, 0.717) is 5.92 Å². The largest absolute Gasteiger partial charge is 0.331 e. The van der Waals surface area contributed by atoms with Crippen molar-refractivity contribution in [2.45, 2.75) is 32.1 Å². The summed E-state index contributed by atoms with van der Waals surface area (Å²) in [6, 6.07) is 7.93. The van der Waals surface area contributed by atoms with Crippen LogP contribution in [0.25, 0.3) is 0 Å². The van der Waals surface area contributed by atoms with Crippen molar-refractivity contribution in [3.63, 3.8) is 0 Å². The second-order valence-corrected chi connectivity index (χ2v) is 5.23. The summed E-state index contributed by atoms with van der Waals surface area (Å²) in [5, 5.41) is 0.751. The number of hydrogen-bond acceptors (Lipinski definition) is 1. The van der Waals surface area contributed by atoms with Crippen molar-refractivity contribution in [1.82, 2.24) is 4.90 Å². The van der Waals surface area contributed by atoms with Gasteiger partial charge < -0.3 is 4.90 Å². The van der Waals surface area contributed by atoms with E-state index in [2.05, 4.69) is 24.0 Å². The van der Waals surface area contributed by atoms with Crippen LogP contribution in [-0.4, -0.2) is 23.9 Å². The second-order valence-electron chi connectivity index (χ2n) is 4.80. The Morgan fingerprint density at radius 2 is 2.16 bits per heavy atom. The molecule has 1 aromatic carbocycles. The molecular weight excluding hydrogens is 258 g/mol. The summed E-state index contributed by atoms with van der Waals surface area (Å²) in [5.74, 6) is 5.91. The van der Waals surface area contributed by atoms with Gasteiger partial charge >= 0.3 is 0 Å². The fraction of sp³-hybridized carbons (Fsp3) is 0.438. The number of benzene rings is 1. The Hall–Kier alpha value is -1.46. The van der Waals surface area contributed by atoms with Crippen molar-refractivity contribution in [2.24, 2.45) is 0 Å². The van der Waals surface area contributed by atoms with Gasteiger partial charge in [0, 0.05) is 30.5 Å². The lowest BCUT2D eigenvalue weighted by molar-refractivity contribution is -0.126.